The van der Waals surface area contributed by atoms with Gasteiger partial charge in [-0.3, -0.25) is 4.79 Å². The van der Waals surface area contributed by atoms with Gasteiger partial charge in [-0.2, -0.15) is 0 Å². The van der Waals surface area contributed by atoms with Gasteiger partial charge in [0.05, 0.1) is 5.92 Å². The predicted octanol–water partition coefficient (Wildman–Crippen LogP) is 3.54. The molecule has 2 rings (SSSR count). The minimum absolute atomic E-state index is 0.239. The van der Waals surface area contributed by atoms with Crippen molar-refractivity contribution in [3.05, 3.63) is 71.8 Å². The van der Waals surface area contributed by atoms with Gasteiger partial charge in [0.15, 0.2) is 0 Å². The van der Waals surface area contributed by atoms with Crippen LogP contribution in [0.1, 0.15) is 17.0 Å². The van der Waals surface area contributed by atoms with E-state index in [-0.39, 0.29) is 11.0 Å². The Morgan fingerprint density at radius 3 is 1.50 bits per heavy atom. The van der Waals surface area contributed by atoms with Gasteiger partial charge in [0, 0.05) is 0 Å². The Morgan fingerprint density at radius 1 is 0.812 bits per heavy atom. The molecular formula is C14H11OS. The number of carbonyl (C=O) groups is 1. The Bertz CT molecular complexity index is 425. The minimum Gasteiger partial charge on any atom is -0.281 e. The average Bonchev–Trinajstić information content (AvgIpc) is 2.31. The summed E-state index contributed by atoms with van der Waals surface area (Å²) in [5.41, 5.74) is 1.91. The molecular weight excluding hydrogens is 216 g/mol. The summed E-state index contributed by atoms with van der Waals surface area (Å²) < 4.78 is 0. The zero-order chi connectivity index (χ0) is 11.4. The lowest BCUT2D eigenvalue weighted by Gasteiger charge is -2.13. The van der Waals surface area contributed by atoms with Crippen molar-refractivity contribution >= 4 is 17.7 Å². The first kappa shape index (κ1) is 10.8. The van der Waals surface area contributed by atoms with Gasteiger partial charge in [0.25, 0.3) is 0 Å². The summed E-state index contributed by atoms with van der Waals surface area (Å²) in [6.07, 6.45) is 0. The lowest BCUT2D eigenvalue weighted by molar-refractivity contribution is -0.111. The van der Waals surface area contributed by atoms with Crippen molar-refractivity contribution in [1.29, 1.82) is 0 Å². The van der Waals surface area contributed by atoms with Gasteiger partial charge in [-0.1, -0.05) is 60.7 Å². The van der Waals surface area contributed by atoms with Crippen molar-refractivity contribution in [3.63, 3.8) is 0 Å². The van der Waals surface area contributed by atoms with Crippen molar-refractivity contribution < 1.29 is 4.79 Å². The zero-order valence-corrected chi connectivity index (χ0v) is 9.48. The van der Waals surface area contributed by atoms with Crippen molar-refractivity contribution in [3.8, 4) is 0 Å². The molecule has 2 aromatic carbocycles. The minimum atomic E-state index is -0.322. The second-order valence-corrected chi connectivity index (χ2v) is 3.98. The first-order chi connectivity index (χ1) is 7.79. The SMILES string of the molecule is O=C([S])C(c1ccccc1)c1ccccc1. The Balaban J connectivity index is 2.44. The summed E-state index contributed by atoms with van der Waals surface area (Å²) in [5.74, 6) is -0.322. The fourth-order valence-corrected chi connectivity index (χ4v) is 2.03. The highest BCUT2D eigenvalue weighted by molar-refractivity contribution is 7.96. The van der Waals surface area contributed by atoms with Crippen LogP contribution in [0.4, 0.5) is 0 Å². The molecule has 0 heterocycles. The quantitative estimate of drug-likeness (QED) is 0.783. The topological polar surface area (TPSA) is 17.1 Å². The summed E-state index contributed by atoms with van der Waals surface area (Å²) >= 11 is 4.83. The van der Waals surface area contributed by atoms with Crippen LogP contribution < -0.4 is 0 Å². The number of carbonyl (C=O) groups excluding carboxylic acids is 1. The molecule has 0 bridgehead atoms. The van der Waals surface area contributed by atoms with Crippen LogP contribution in [0, 0.1) is 0 Å². The van der Waals surface area contributed by atoms with E-state index in [0.717, 1.165) is 11.1 Å². The second-order valence-electron chi connectivity index (χ2n) is 3.57. The van der Waals surface area contributed by atoms with Gasteiger partial charge < -0.3 is 0 Å². The van der Waals surface area contributed by atoms with Crippen molar-refractivity contribution in [2.75, 3.05) is 0 Å². The van der Waals surface area contributed by atoms with E-state index in [1.807, 2.05) is 60.7 Å². The van der Waals surface area contributed by atoms with Gasteiger partial charge in [0.2, 0.25) is 5.12 Å². The fourth-order valence-electron chi connectivity index (χ4n) is 1.76. The highest BCUT2D eigenvalue weighted by Crippen LogP contribution is 2.26. The van der Waals surface area contributed by atoms with Crippen LogP contribution in [0.3, 0.4) is 0 Å². The van der Waals surface area contributed by atoms with E-state index in [9.17, 15) is 4.79 Å². The third-order valence-corrected chi connectivity index (χ3v) is 2.74. The molecule has 79 valence electrons. The molecule has 0 atom stereocenters. The highest BCUT2D eigenvalue weighted by Gasteiger charge is 2.19. The smallest absolute Gasteiger partial charge is 0.230 e. The zero-order valence-electron chi connectivity index (χ0n) is 8.67. The maximum atomic E-state index is 11.6. The molecule has 1 radical (unpaired) electrons. The number of benzene rings is 2. The maximum Gasteiger partial charge on any atom is 0.230 e. The Labute approximate surface area is 101 Å². The van der Waals surface area contributed by atoms with E-state index >= 15 is 0 Å². The summed E-state index contributed by atoms with van der Waals surface area (Å²) in [7, 11) is 0. The van der Waals surface area contributed by atoms with Crippen LogP contribution in [0.15, 0.2) is 60.7 Å². The van der Waals surface area contributed by atoms with E-state index in [1.165, 1.54) is 0 Å². The molecule has 0 aliphatic rings. The molecule has 0 aliphatic heterocycles. The van der Waals surface area contributed by atoms with Crippen molar-refractivity contribution in [1.82, 2.24) is 0 Å². The number of hydrogen-bond acceptors (Lipinski definition) is 1. The predicted molar refractivity (Wildman–Crippen MR) is 67.3 cm³/mol. The molecule has 0 unspecified atom stereocenters. The summed E-state index contributed by atoms with van der Waals surface area (Å²) in [6.45, 7) is 0. The lowest BCUT2D eigenvalue weighted by Crippen LogP contribution is -2.08. The van der Waals surface area contributed by atoms with Crippen LogP contribution >= 0.6 is 12.6 Å². The lowest BCUT2D eigenvalue weighted by atomic mass is 9.92. The summed E-state index contributed by atoms with van der Waals surface area (Å²) in [4.78, 5) is 11.6. The third kappa shape index (κ3) is 2.28. The molecule has 0 aliphatic carbocycles. The van der Waals surface area contributed by atoms with Gasteiger partial charge >= 0.3 is 0 Å². The van der Waals surface area contributed by atoms with Gasteiger partial charge in [-0.25, -0.2) is 0 Å². The van der Waals surface area contributed by atoms with Gasteiger partial charge in [-0.15, -0.1) is 0 Å². The molecule has 0 saturated carbocycles. The average molecular weight is 227 g/mol. The first-order valence-corrected chi connectivity index (χ1v) is 5.50. The molecule has 2 heteroatoms. The van der Waals surface area contributed by atoms with Crippen molar-refractivity contribution in [2.24, 2.45) is 0 Å². The standard InChI is InChI=1S/C14H11OS/c15-14(16)13(11-7-3-1-4-8-11)12-9-5-2-6-10-12/h1-10,13H. The van der Waals surface area contributed by atoms with E-state index in [2.05, 4.69) is 0 Å². The first-order valence-electron chi connectivity index (χ1n) is 5.10. The third-order valence-electron chi connectivity index (χ3n) is 2.50. The van der Waals surface area contributed by atoms with Crippen LogP contribution in [-0.4, -0.2) is 5.12 Å². The maximum absolute atomic E-state index is 11.6. The molecule has 0 aromatic heterocycles. The van der Waals surface area contributed by atoms with E-state index in [1.54, 1.807) is 0 Å². The van der Waals surface area contributed by atoms with Crippen LogP contribution in [0.5, 0.6) is 0 Å². The second kappa shape index (κ2) is 4.90. The normalized spacial score (nSPS) is 10.3. The van der Waals surface area contributed by atoms with Crippen LogP contribution in [0.25, 0.3) is 0 Å². The van der Waals surface area contributed by atoms with E-state index in [0.29, 0.717) is 0 Å². The summed E-state index contributed by atoms with van der Waals surface area (Å²) in [6, 6.07) is 19.3. The van der Waals surface area contributed by atoms with E-state index < -0.39 is 0 Å². The molecule has 2 aromatic rings. The monoisotopic (exact) mass is 227 g/mol. The van der Waals surface area contributed by atoms with Crippen LogP contribution in [-0.2, 0) is 4.79 Å². The molecule has 0 saturated heterocycles. The molecule has 0 amide bonds. The molecule has 0 fully saturated rings. The molecule has 1 nitrogen and oxygen atoms in total. The van der Waals surface area contributed by atoms with Crippen molar-refractivity contribution in [2.45, 2.75) is 5.92 Å². The van der Waals surface area contributed by atoms with Crippen LogP contribution in [0.2, 0.25) is 0 Å². The molecule has 0 N–H and O–H groups in total. The summed E-state index contributed by atoms with van der Waals surface area (Å²) in [5, 5.41) is -0.239. The molecule has 16 heavy (non-hydrogen) atoms. The molecule has 0 spiro atoms. The van der Waals surface area contributed by atoms with Gasteiger partial charge in [-0.05, 0) is 23.8 Å². The van der Waals surface area contributed by atoms with Gasteiger partial charge in [0.1, 0.15) is 0 Å². The highest BCUT2D eigenvalue weighted by atomic mass is 32.1. The van der Waals surface area contributed by atoms with E-state index in [4.69, 9.17) is 12.6 Å². The Kier molecular flexibility index (Phi) is 3.32. The number of rotatable bonds is 3. The fraction of sp³-hybridized carbons (Fsp3) is 0.0714. The Hall–Kier alpha value is -1.67. The largest absolute Gasteiger partial charge is 0.281 e. The Morgan fingerprint density at radius 2 is 1.19 bits per heavy atom. The number of hydrogen-bond donors (Lipinski definition) is 0.